The van der Waals surface area contributed by atoms with Gasteiger partial charge in [0.05, 0.1) is 6.54 Å². The minimum absolute atomic E-state index is 0.128. The lowest BCUT2D eigenvalue weighted by Gasteiger charge is -2.37. The highest BCUT2D eigenvalue weighted by Gasteiger charge is 2.28. The number of aromatic nitrogens is 5. The third kappa shape index (κ3) is 4.03. The number of fused-ring (bicyclic) bond motifs is 1. The predicted molar refractivity (Wildman–Crippen MR) is 116 cm³/mol. The van der Waals surface area contributed by atoms with E-state index in [9.17, 15) is 0 Å². The minimum atomic E-state index is -0.134. The highest BCUT2D eigenvalue weighted by atomic mass is 15.5. The smallest absolute Gasteiger partial charge is 0.224 e. The molecule has 0 saturated carbocycles. The van der Waals surface area contributed by atoms with Crippen LogP contribution in [0.3, 0.4) is 0 Å². The molecule has 3 aromatic rings. The van der Waals surface area contributed by atoms with Gasteiger partial charge in [0, 0.05) is 18.6 Å². The van der Waals surface area contributed by atoms with Gasteiger partial charge in [0.25, 0.3) is 0 Å². The van der Waals surface area contributed by atoms with Gasteiger partial charge < -0.3 is 16.4 Å². The fraction of sp³-hybridized carbons (Fsp3) is 0.524. The molecule has 0 amide bonds. The summed E-state index contributed by atoms with van der Waals surface area (Å²) >= 11 is 0. The van der Waals surface area contributed by atoms with Gasteiger partial charge in [-0.2, -0.15) is 9.97 Å². The van der Waals surface area contributed by atoms with E-state index in [2.05, 4.69) is 77.1 Å². The van der Waals surface area contributed by atoms with E-state index in [-0.39, 0.29) is 16.9 Å². The van der Waals surface area contributed by atoms with Gasteiger partial charge in [0.2, 0.25) is 5.95 Å². The number of piperidine rings is 1. The van der Waals surface area contributed by atoms with Gasteiger partial charge in [-0.05, 0) is 36.3 Å². The average Bonchev–Trinajstić information content (AvgIpc) is 3.03. The van der Waals surface area contributed by atoms with Crippen LogP contribution in [0.1, 0.15) is 51.7 Å². The van der Waals surface area contributed by atoms with Crippen LogP contribution in [0.4, 0.5) is 11.8 Å². The summed E-state index contributed by atoms with van der Waals surface area (Å²) in [7, 11) is 0. The molecule has 3 heterocycles. The van der Waals surface area contributed by atoms with Crippen molar-refractivity contribution in [2.75, 3.05) is 23.7 Å². The average molecular weight is 395 g/mol. The number of anilines is 2. The second-order valence-corrected chi connectivity index (χ2v) is 9.41. The number of nitrogens with zero attached hydrogens (tertiary/aromatic N) is 6. The van der Waals surface area contributed by atoms with E-state index < -0.39 is 0 Å². The summed E-state index contributed by atoms with van der Waals surface area (Å²) in [4.78, 5) is 11.1. The van der Waals surface area contributed by atoms with Crippen molar-refractivity contribution in [3.8, 4) is 0 Å². The maximum atomic E-state index is 6.27. The van der Waals surface area contributed by atoms with Crippen molar-refractivity contribution in [2.45, 2.75) is 58.0 Å². The van der Waals surface area contributed by atoms with E-state index in [1.54, 1.807) is 4.68 Å². The SMILES string of the molecule is CC1(N)CCN(c2nc(N)nc3c2nnn3Cc2ccc(C(C)(C)C)cc2)CC1. The van der Waals surface area contributed by atoms with Gasteiger partial charge in [-0.25, -0.2) is 4.68 Å². The quantitative estimate of drug-likeness (QED) is 0.702. The molecule has 2 aromatic heterocycles. The van der Waals surface area contributed by atoms with Crippen LogP contribution >= 0.6 is 0 Å². The van der Waals surface area contributed by atoms with Crippen LogP contribution in [0.15, 0.2) is 24.3 Å². The Bertz CT molecular complexity index is 1000. The maximum absolute atomic E-state index is 6.27. The number of hydrogen-bond donors (Lipinski definition) is 2. The lowest BCUT2D eigenvalue weighted by molar-refractivity contribution is 0.363. The Labute approximate surface area is 171 Å². The van der Waals surface area contributed by atoms with Gasteiger partial charge in [-0.3, -0.25) is 0 Å². The van der Waals surface area contributed by atoms with Crippen LogP contribution in [0, 0.1) is 0 Å². The van der Waals surface area contributed by atoms with Crippen LogP contribution in [-0.4, -0.2) is 43.6 Å². The second-order valence-electron chi connectivity index (χ2n) is 9.41. The summed E-state index contributed by atoms with van der Waals surface area (Å²) in [5, 5.41) is 8.73. The first kappa shape index (κ1) is 19.6. The summed E-state index contributed by atoms with van der Waals surface area (Å²) in [5.41, 5.74) is 16.1. The van der Waals surface area contributed by atoms with Gasteiger partial charge in [-0.1, -0.05) is 50.3 Å². The van der Waals surface area contributed by atoms with Crippen LogP contribution in [0.2, 0.25) is 0 Å². The zero-order valence-electron chi connectivity index (χ0n) is 17.7. The molecule has 4 rings (SSSR count). The molecule has 8 heteroatoms. The molecule has 8 nitrogen and oxygen atoms in total. The largest absolute Gasteiger partial charge is 0.368 e. The predicted octanol–water partition coefficient (Wildman–Crippen LogP) is 2.47. The van der Waals surface area contributed by atoms with Crippen LogP contribution in [-0.2, 0) is 12.0 Å². The van der Waals surface area contributed by atoms with Crippen molar-refractivity contribution in [3.05, 3.63) is 35.4 Å². The minimum Gasteiger partial charge on any atom is -0.368 e. The van der Waals surface area contributed by atoms with Gasteiger partial charge in [-0.15, -0.1) is 5.10 Å². The molecule has 154 valence electrons. The zero-order valence-corrected chi connectivity index (χ0v) is 17.7. The Hall–Kier alpha value is -2.74. The zero-order chi connectivity index (χ0) is 20.8. The summed E-state index contributed by atoms with van der Waals surface area (Å²) in [6, 6.07) is 8.60. The van der Waals surface area contributed by atoms with Crippen molar-refractivity contribution in [3.63, 3.8) is 0 Å². The van der Waals surface area contributed by atoms with Gasteiger partial charge in [0.1, 0.15) is 0 Å². The van der Waals surface area contributed by atoms with Crippen molar-refractivity contribution in [1.29, 1.82) is 0 Å². The normalized spacial score (nSPS) is 17.1. The summed E-state index contributed by atoms with van der Waals surface area (Å²) in [6.07, 6.45) is 1.79. The molecule has 0 bridgehead atoms. The first-order chi connectivity index (χ1) is 13.6. The van der Waals surface area contributed by atoms with E-state index >= 15 is 0 Å². The van der Waals surface area contributed by atoms with E-state index in [4.69, 9.17) is 11.5 Å². The number of rotatable bonds is 3. The highest BCUT2D eigenvalue weighted by molar-refractivity contribution is 5.84. The molecule has 1 saturated heterocycles. The van der Waals surface area contributed by atoms with Crippen molar-refractivity contribution in [2.24, 2.45) is 5.73 Å². The Morgan fingerprint density at radius 2 is 1.72 bits per heavy atom. The highest BCUT2D eigenvalue weighted by Crippen LogP contribution is 2.28. The molecular weight excluding hydrogens is 364 g/mol. The van der Waals surface area contributed by atoms with Crippen LogP contribution in [0.25, 0.3) is 11.2 Å². The van der Waals surface area contributed by atoms with E-state index in [1.807, 2.05) is 0 Å². The third-order valence-corrected chi connectivity index (χ3v) is 5.72. The van der Waals surface area contributed by atoms with Crippen LogP contribution in [0.5, 0.6) is 0 Å². The summed E-state index contributed by atoms with van der Waals surface area (Å²) in [6.45, 7) is 10.9. The van der Waals surface area contributed by atoms with Gasteiger partial charge >= 0.3 is 0 Å². The molecule has 0 unspecified atom stereocenters. The Morgan fingerprint density at radius 3 is 2.34 bits per heavy atom. The molecular formula is C21H30N8. The van der Waals surface area contributed by atoms with Crippen molar-refractivity contribution in [1.82, 2.24) is 25.0 Å². The standard InChI is InChI=1S/C21H30N8/c1-20(2,3)15-7-5-14(6-8-15)13-29-18-16(26-27-29)17(24-19(22)25-18)28-11-9-21(4,23)10-12-28/h5-8H,9-13,23H2,1-4H3,(H2,22,24,25). The Balaban J connectivity index is 1.63. The summed E-state index contributed by atoms with van der Waals surface area (Å²) < 4.78 is 1.79. The molecule has 1 aliphatic heterocycles. The van der Waals surface area contributed by atoms with E-state index in [0.717, 1.165) is 37.3 Å². The fourth-order valence-electron chi connectivity index (χ4n) is 3.70. The fourth-order valence-corrected chi connectivity index (χ4v) is 3.70. The van der Waals surface area contributed by atoms with Crippen LogP contribution < -0.4 is 16.4 Å². The number of nitrogens with two attached hydrogens (primary N) is 2. The lowest BCUT2D eigenvalue weighted by atomic mass is 9.87. The van der Waals surface area contributed by atoms with E-state index in [1.165, 1.54) is 5.56 Å². The number of nitrogen functional groups attached to an aromatic ring is 1. The van der Waals surface area contributed by atoms with Crippen molar-refractivity contribution < 1.29 is 0 Å². The maximum Gasteiger partial charge on any atom is 0.224 e. The van der Waals surface area contributed by atoms with Gasteiger partial charge in [0.15, 0.2) is 17.0 Å². The molecule has 0 atom stereocenters. The first-order valence-electron chi connectivity index (χ1n) is 10.1. The van der Waals surface area contributed by atoms with E-state index in [0.29, 0.717) is 17.7 Å². The number of benzene rings is 1. The first-order valence-corrected chi connectivity index (χ1v) is 10.1. The second kappa shape index (κ2) is 6.95. The topological polar surface area (TPSA) is 112 Å². The summed E-state index contributed by atoms with van der Waals surface area (Å²) in [5.74, 6) is 0.984. The molecule has 0 spiro atoms. The Morgan fingerprint density at radius 1 is 1.07 bits per heavy atom. The molecule has 1 aliphatic rings. The third-order valence-electron chi connectivity index (χ3n) is 5.72. The molecule has 4 N–H and O–H groups in total. The number of hydrogen-bond acceptors (Lipinski definition) is 7. The molecule has 29 heavy (non-hydrogen) atoms. The Kier molecular flexibility index (Phi) is 4.69. The molecule has 0 aliphatic carbocycles. The monoisotopic (exact) mass is 394 g/mol. The van der Waals surface area contributed by atoms with Crippen molar-refractivity contribution >= 4 is 22.9 Å². The molecule has 1 fully saturated rings. The lowest BCUT2D eigenvalue weighted by Crippen LogP contribution is -2.48. The molecule has 1 aromatic carbocycles. The molecule has 0 radical (unpaired) electrons.